The number of carboxylic acids is 2. The molecule has 0 radical (unpaired) electrons. The van der Waals surface area contributed by atoms with Crippen LogP contribution in [-0.4, -0.2) is 62.9 Å². The second-order valence-corrected chi connectivity index (χ2v) is 16.8. The smallest absolute Gasteiger partial charge is 0.335 e. The molecular weight excluding hydrogens is 902 g/mol. The summed E-state index contributed by atoms with van der Waals surface area (Å²) < 4.78 is 1.98. The van der Waals surface area contributed by atoms with Crippen LogP contribution in [0.1, 0.15) is 76.0 Å². The van der Waals surface area contributed by atoms with Crippen molar-refractivity contribution in [2.24, 2.45) is 0 Å². The summed E-state index contributed by atoms with van der Waals surface area (Å²) in [6.07, 6.45) is 5.79. The molecule has 0 saturated carbocycles. The van der Waals surface area contributed by atoms with Crippen LogP contribution in [0.25, 0.3) is 0 Å². The lowest BCUT2D eigenvalue weighted by molar-refractivity contribution is -0.136. The predicted octanol–water partition coefficient (Wildman–Crippen LogP) is 6.01. The molecule has 314 valence electrons. The van der Waals surface area contributed by atoms with Crippen molar-refractivity contribution in [3.63, 3.8) is 0 Å². The Morgan fingerprint density at radius 3 is 1.73 bits per heavy atom. The van der Waals surface area contributed by atoms with Gasteiger partial charge in [0.1, 0.15) is 16.9 Å². The number of aryl methyl sites for hydroxylation is 3. The number of nitrogens with one attached hydrogen (secondary N) is 4. The van der Waals surface area contributed by atoms with Crippen molar-refractivity contribution in [1.29, 1.82) is 0 Å². The summed E-state index contributed by atoms with van der Waals surface area (Å²) in [5.41, 5.74) is 12.4. The Hall–Kier alpha value is -5.87. The minimum atomic E-state index is -0.998. The molecule has 3 aliphatic carbocycles. The Kier molecular flexibility index (Phi) is 14.3. The highest BCUT2D eigenvalue weighted by atomic mass is 79.9. The Morgan fingerprint density at radius 2 is 1.18 bits per heavy atom. The van der Waals surface area contributed by atoms with E-state index in [4.69, 9.17) is 15.9 Å². The molecule has 14 nitrogen and oxygen atoms in total. The third kappa shape index (κ3) is 10.8. The van der Waals surface area contributed by atoms with Crippen molar-refractivity contribution in [2.75, 3.05) is 5.73 Å². The number of rotatable bonds is 3. The van der Waals surface area contributed by atoms with E-state index in [1.54, 1.807) is 30.3 Å². The van der Waals surface area contributed by atoms with Crippen molar-refractivity contribution in [3.05, 3.63) is 132 Å². The number of carbonyl (C=O) groups excluding carboxylic acids is 5. The molecule has 2 fully saturated rings. The number of carboxylic acid groups (broad SMARTS) is 2. The van der Waals surface area contributed by atoms with Crippen molar-refractivity contribution in [2.45, 2.75) is 82.7 Å². The van der Waals surface area contributed by atoms with E-state index in [1.165, 1.54) is 16.7 Å². The van der Waals surface area contributed by atoms with Crippen LogP contribution < -0.4 is 27.0 Å². The molecule has 60 heavy (non-hydrogen) atoms. The van der Waals surface area contributed by atoms with Gasteiger partial charge in [-0.05, 0) is 120 Å². The molecule has 2 unspecified atom stereocenters. The molecule has 6 amide bonds. The van der Waals surface area contributed by atoms with Crippen LogP contribution in [0.3, 0.4) is 0 Å². The third-order valence-electron chi connectivity index (χ3n) is 10.8. The van der Waals surface area contributed by atoms with Crippen molar-refractivity contribution in [3.8, 4) is 0 Å². The van der Waals surface area contributed by atoms with Crippen LogP contribution in [0.5, 0.6) is 0 Å². The number of hydrogen-bond acceptors (Lipinski definition) is 8. The molecule has 4 aromatic rings. The van der Waals surface area contributed by atoms with Gasteiger partial charge < -0.3 is 26.6 Å². The number of amides is 6. The van der Waals surface area contributed by atoms with Gasteiger partial charge in [-0.25, -0.2) is 14.4 Å². The summed E-state index contributed by atoms with van der Waals surface area (Å²) in [7, 11) is 0. The van der Waals surface area contributed by atoms with Gasteiger partial charge in [-0.2, -0.15) is 0 Å². The largest absolute Gasteiger partial charge is 0.481 e. The fraction of sp³-hybridized carbons (Fsp3) is 0.295. The number of imide groups is 2. The second kappa shape index (κ2) is 19.0. The highest BCUT2D eigenvalue weighted by molar-refractivity contribution is 9.10. The average Bonchev–Trinajstić information content (AvgIpc) is 3.60. The van der Waals surface area contributed by atoms with Crippen LogP contribution in [0, 0.1) is 0 Å². The highest BCUT2D eigenvalue weighted by Crippen LogP contribution is 2.33. The van der Waals surface area contributed by atoms with Gasteiger partial charge in [0.25, 0.3) is 11.8 Å². The molecule has 16 heteroatoms. The number of ketones is 1. The van der Waals surface area contributed by atoms with Gasteiger partial charge >= 0.3 is 24.0 Å². The van der Waals surface area contributed by atoms with E-state index in [2.05, 4.69) is 59.2 Å². The molecule has 2 spiro atoms. The molecule has 8 N–H and O–H groups in total. The van der Waals surface area contributed by atoms with Gasteiger partial charge in [-0.1, -0.05) is 69.6 Å². The van der Waals surface area contributed by atoms with E-state index in [9.17, 15) is 33.6 Å². The fourth-order valence-corrected chi connectivity index (χ4v) is 8.66. The van der Waals surface area contributed by atoms with E-state index >= 15 is 0 Å². The average molecular weight is 948 g/mol. The number of anilines is 1. The molecule has 2 heterocycles. The van der Waals surface area contributed by atoms with Crippen LogP contribution >= 0.6 is 31.9 Å². The first-order valence-electron chi connectivity index (χ1n) is 18.8. The lowest BCUT2D eigenvalue weighted by Gasteiger charge is -2.31. The van der Waals surface area contributed by atoms with E-state index in [0.717, 1.165) is 44.0 Å². The lowest BCUT2D eigenvalue weighted by atomic mass is 9.77. The van der Waals surface area contributed by atoms with Gasteiger partial charge in [0.15, 0.2) is 0 Å². The second-order valence-electron chi connectivity index (χ2n) is 15.0. The number of nitrogen functional groups attached to an aromatic ring is 1. The maximum atomic E-state index is 11.9. The zero-order chi connectivity index (χ0) is 42.5. The fourth-order valence-electron chi connectivity index (χ4n) is 7.80. The highest BCUT2D eigenvalue weighted by Gasteiger charge is 2.49. The topological polar surface area (TPSA) is 234 Å². The number of aliphatic carboxylic acids is 1. The number of fused-ring (bicyclic) bond motifs is 3. The molecular formula is C44H45Br2N5O9. The molecule has 2 aliphatic heterocycles. The summed E-state index contributed by atoms with van der Waals surface area (Å²) in [5.74, 6) is -1.99. The normalized spacial score (nSPS) is 20.3. The van der Waals surface area contributed by atoms with Crippen molar-refractivity contribution < 1.29 is 43.8 Å². The van der Waals surface area contributed by atoms with Crippen molar-refractivity contribution in [1.82, 2.24) is 21.3 Å². The standard InChI is InChI=1S/C13H12N2O4.C12H13N3O2.C10H9BrO.C8H7BrO2.CH4/c16-10(17)8-2-1-7-3-4-13(6-9(7)5-8)11(18)14-12(19)15-13;13-9-2-1-7-3-4-12(6-8(7)5-9)10(16)14-11(17)15-12;11-9-3-1-7-2-4-10(12)6-8(7)5-9;9-7-3-1-2-6(4-7)5-8(10)11;/h1-2,5H,3-4,6H2,(H,16,17)(H2,14,15,18,19);1-2,5H,3-4,6,13H2,(H2,14,15,16,17);1,3,5H,2,4,6H2;1-4H,5H2,(H,10,11);1H4. The number of benzene rings is 4. The number of aromatic carboxylic acids is 1. The van der Waals surface area contributed by atoms with E-state index in [1.807, 2.05) is 42.5 Å². The van der Waals surface area contributed by atoms with Crippen molar-refractivity contribution >= 4 is 79.1 Å². The number of carbonyl (C=O) groups is 7. The first kappa shape index (κ1) is 45.2. The summed E-state index contributed by atoms with van der Waals surface area (Å²) in [6, 6.07) is 23.2. The van der Waals surface area contributed by atoms with E-state index in [-0.39, 0.29) is 31.2 Å². The van der Waals surface area contributed by atoms with Gasteiger partial charge in [-0.3, -0.25) is 29.8 Å². The Bertz CT molecular complexity index is 2390. The molecule has 0 bridgehead atoms. The monoisotopic (exact) mass is 945 g/mol. The predicted molar refractivity (Wildman–Crippen MR) is 231 cm³/mol. The summed E-state index contributed by atoms with van der Waals surface area (Å²) in [5, 5.41) is 27.4. The van der Waals surface area contributed by atoms with Gasteiger partial charge in [-0.15, -0.1) is 0 Å². The molecule has 0 aromatic heterocycles. The van der Waals surface area contributed by atoms with E-state index in [0.29, 0.717) is 56.4 Å². The minimum Gasteiger partial charge on any atom is -0.481 e. The van der Waals surface area contributed by atoms with Crippen LogP contribution in [0.2, 0.25) is 0 Å². The zero-order valence-electron chi connectivity index (χ0n) is 31.7. The van der Waals surface area contributed by atoms with Gasteiger partial charge in [0.2, 0.25) is 0 Å². The molecule has 2 atom stereocenters. The Labute approximate surface area is 363 Å². The lowest BCUT2D eigenvalue weighted by Crippen LogP contribution is -2.51. The molecule has 5 aliphatic rings. The molecule has 4 aromatic carbocycles. The van der Waals surface area contributed by atoms with Gasteiger partial charge in [0.05, 0.1) is 12.0 Å². The molecule has 2 saturated heterocycles. The maximum Gasteiger partial charge on any atom is 0.335 e. The van der Waals surface area contributed by atoms with Crippen LogP contribution in [0.4, 0.5) is 15.3 Å². The number of Topliss-reactive ketones (excluding diaryl/α,β-unsaturated/α-hetero) is 1. The first-order chi connectivity index (χ1) is 28.0. The SMILES string of the molecule is C.Nc1ccc2c(c1)CC1(CC2)NC(=O)NC1=O.O=C(O)Cc1cccc(Br)c1.O=C1CCc2ccc(Br)cc2C1.O=C1NC(=O)C2(CCc3ccc(C(=O)O)cc3C2)N1. The Morgan fingerprint density at radius 1 is 0.633 bits per heavy atom. The Balaban J connectivity index is 0.000000155. The minimum absolute atomic E-state index is 0. The van der Waals surface area contributed by atoms with Gasteiger partial charge in [0, 0.05) is 40.3 Å². The summed E-state index contributed by atoms with van der Waals surface area (Å²) in [4.78, 5) is 78.6. The first-order valence-corrected chi connectivity index (χ1v) is 20.4. The summed E-state index contributed by atoms with van der Waals surface area (Å²) >= 11 is 6.66. The maximum absolute atomic E-state index is 11.9. The number of urea groups is 2. The van der Waals surface area contributed by atoms with E-state index < -0.39 is 35.1 Å². The number of hydrogen-bond donors (Lipinski definition) is 7. The third-order valence-corrected chi connectivity index (χ3v) is 11.8. The summed E-state index contributed by atoms with van der Waals surface area (Å²) in [6.45, 7) is 0. The zero-order valence-corrected chi connectivity index (χ0v) is 34.8. The quantitative estimate of drug-likeness (QED) is 0.0934. The molecule has 9 rings (SSSR count). The van der Waals surface area contributed by atoms with Crippen LogP contribution in [-0.2, 0) is 64.1 Å². The number of nitrogens with two attached hydrogens (primary N) is 1. The van der Waals surface area contributed by atoms with Crippen LogP contribution in [0.15, 0.2) is 87.8 Å². The number of halogens is 2.